The number of aromatic nitrogens is 2. The lowest BCUT2D eigenvalue weighted by Gasteiger charge is -2.16. The summed E-state index contributed by atoms with van der Waals surface area (Å²) in [4.78, 5) is 0. The second kappa shape index (κ2) is 7.43. The van der Waals surface area contributed by atoms with Gasteiger partial charge in [0.05, 0.1) is 24.6 Å². The number of para-hydroxylation sites is 1. The molecule has 0 saturated carbocycles. The van der Waals surface area contributed by atoms with Gasteiger partial charge in [0.25, 0.3) is 0 Å². The minimum Gasteiger partial charge on any atom is -0.378 e. The Kier molecular flexibility index (Phi) is 5.30. The largest absolute Gasteiger partial charge is 0.378 e. The summed E-state index contributed by atoms with van der Waals surface area (Å²) in [6, 6.07) is 11.6. The third kappa shape index (κ3) is 3.84. The van der Waals surface area contributed by atoms with Crippen molar-refractivity contribution in [3.63, 3.8) is 0 Å². The van der Waals surface area contributed by atoms with Gasteiger partial charge in [0.2, 0.25) is 10.0 Å². The summed E-state index contributed by atoms with van der Waals surface area (Å²) in [6.45, 7) is 0.765. The van der Waals surface area contributed by atoms with E-state index < -0.39 is 21.4 Å². The number of nitrogens with one attached hydrogen (secondary N) is 1. The summed E-state index contributed by atoms with van der Waals surface area (Å²) in [5, 5.41) is 3.80. The molecule has 3 rings (SSSR count). The van der Waals surface area contributed by atoms with Gasteiger partial charge >= 0.3 is 0 Å². The first-order chi connectivity index (χ1) is 11.6. The van der Waals surface area contributed by atoms with E-state index in [2.05, 4.69) is 9.82 Å². The quantitative estimate of drug-likeness (QED) is 0.796. The standard InChI is InChI=1S/C16H21N3O4S/c1-22-15-11-23-12-16(15)24(20,21)17-9-7-13-8-10-19(18-13)14-5-3-2-4-6-14/h2-6,8,10,15-17H,7,9,11-12H2,1H3. The Hall–Kier alpha value is -1.74. The lowest BCUT2D eigenvalue weighted by Crippen LogP contribution is -2.42. The molecule has 1 saturated heterocycles. The van der Waals surface area contributed by atoms with E-state index in [0.29, 0.717) is 19.6 Å². The molecule has 130 valence electrons. The van der Waals surface area contributed by atoms with Crippen LogP contribution >= 0.6 is 0 Å². The van der Waals surface area contributed by atoms with Gasteiger partial charge in [-0.15, -0.1) is 0 Å². The van der Waals surface area contributed by atoms with Crippen LogP contribution in [0.4, 0.5) is 0 Å². The van der Waals surface area contributed by atoms with Crippen LogP contribution in [0.15, 0.2) is 42.6 Å². The summed E-state index contributed by atoms with van der Waals surface area (Å²) in [5.41, 5.74) is 1.79. The summed E-state index contributed by atoms with van der Waals surface area (Å²) < 4.78 is 39.4. The first kappa shape index (κ1) is 17.1. The molecule has 0 bridgehead atoms. The summed E-state index contributed by atoms with van der Waals surface area (Å²) in [7, 11) is -1.97. The molecule has 1 aliphatic rings. The maximum Gasteiger partial charge on any atom is 0.219 e. The Bertz CT molecular complexity index is 761. The first-order valence-corrected chi connectivity index (χ1v) is 9.34. The van der Waals surface area contributed by atoms with Crippen molar-refractivity contribution in [3.05, 3.63) is 48.3 Å². The Morgan fingerprint density at radius 3 is 2.83 bits per heavy atom. The smallest absolute Gasteiger partial charge is 0.219 e. The first-order valence-electron chi connectivity index (χ1n) is 7.79. The lowest BCUT2D eigenvalue weighted by atomic mass is 10.3. The van der Waals surface area contributed by atoms with Gasteiger partial charge in [-0.2, -0.15) is 5.10 Å². The van der Waals surface area contributed by atoms with Gasteiger partial charge in [-0.1, -0.05) is 18.2 Å². The number of nitrogens with zero attached hydrogens (tertiary/aromatic N) is 2. The molecule has 2 atom stereocenters. The number of benzene rings is 1. The van der Waals surface area contributed by atoms with Gasteiger partial charge in [0.15, 0.2) is 0 Å². The zero-order chi connectivity index (χ0) is 17.0. The van der Waals surface area contributed by atoms with Crippen molar-refractivity contribution >= 4 is 10.0 Å². The highest BCUT2D eigenvalue weighted by atomic mass is 32.2. The minimum atomic E-state index is -3.47. The van der Waals surface area contributed by atoms with Crippen molar-refractivity contribution < 1.29 is 17.9 Å². The molecule has 0 amide bonds. The second-order valence-electron chi connectivity index (χ2n) is 5.63. The Morgan fingerprint density at radius 1 is 1.29 bits per heavy atom. The molecule has 0 aliphatic carbocycles. The molecule has 0 spiro atoms. The van der Waals surface area contributed by atoms with Gasteiger partial charge in [-0.3, -0.25) is 0 Å². The zero-order valence-corrected chi connectivity index (χ0v) is 14.3. The van der Waals surface area contributed by atoms with Crippen molar-refractivity contribution in [2.45, 2.75) is 17.8 Å². The summed E-state index contributed by atoms with van der Waals surface area (Å²) >= 11 is 0. The molecule has 8 heteroatoms. The maximum absolute atomic E-state index is 12.3. The fourth-order valence-corrected chi connectivity index (χ4v) is 4.14. The van der Waals surface area contributed by atoms with Crippen LogP contribution in [0, 0.1) is 0 Å². The van der Waals surface area contributed by atoms with E-state index in [-0.39, 0.29) is 6.61 Å². The van der Waals surface area contributed by atoms with Crippen molar-refractivity contribution in [1.29, 1.82) is 0 Å². The van der Waals surface area contributed by atoms with E-state index in [1.165, 1.54) is 7.11 Å². The van der Waals surface area contributed by atoms with Crippen LogP contribution in [0.25, 0.3) is 5.69 Å². The maximum atomic E-state index is 12.3. The van der Waals surface area contributed by atoms with Crippen LogP contribution in [0.3, 0.4) is 0 Å². The Balaban J connectivity index is 1.56. The van der Waals surface area contributed by atoms with Crippen LogP contribution in [-0.4, -0.2) is 56.4 Å². The second-order valence-corrected chi connectivity index (χ2v) is 7.61. The molecule has 1 N–H and O–H groups in total. The van der Waals surface area contributed by atoms with E-state index in [1.54, 1.807) is 4.68 Å². The molecule has 0 radical (unpaired) electrons. The predicted molar refractivity (Wildman–Crippen MR) is 89.6 cm³/mol. The summed E-state index contributed by atoms with van der Waals surface area (Å²) in [5.74, 6) is 0. The van der Waals surface area contributed by atoms with Crippen LogP contribution in [0.2, 0.25) is 0 Å². The highest BCUT2D eigenvalue weighted by molar-refractivity contribution is 7.90. The average Bonchev–Trinajstić information content (AvgIpc) is 3.25. The Labute approximate surface area is 141 Å². The fourth-order valence-electron chi connectivity index (χ4n) is 2.67. The van der Waals surface area contributed by atoms with Crippen LogP contribution in [0.5, 0.6) is 0 Å². The average molecular weight is 351 g/mol. The van der Waals surface area contributed by atoms with Crippen LogP contribution in [0.1, 0.15) is 5.69 Å². The van der Waals surface area contributed by atoms with Crippen LogP contribution in [-0.2, 0) is 25.9 Å². The van der Waals surface area contributed by atoms with E-state index in [1.807, 2.05) is 42.6 Å². The Morgan fingerprint density at radius 2 is 2.08 bits per heavy atom. The molecular weight excluding hydrogens is 330 g/mol. The molecule has 1 aliphatic heterocycles. The number of methoxy groups -OCH3 is 1. The van der Waals surface area contributed by atoms with Crippen molar-refractivity contribution in [2.24, 2.45) is 0 Å². The predicted octanol–water partition coefficient (Wildman–Crippen LogP) is 0.748. The number of hydrogen-bond donors (Lipinski definition) is 1. The summed E-state index contributed by atoms with van der Waals surface area (Å²) in [6.07, 6.45) is 1.97. The minimum absolute atomic E-state index is 0.163. The molecule has 7 nitrogen and oxygen atoms in total. The molecular formula is C16H21N3O4S. The fraction of sp³-hybridized carbons (Fsp3) is 0.438. The molecule has 1 fully saturated rings. The number of ether oxygens (including phenoxy) is 2. The molecule has 2 unspecified atom stereocenters. The van der Waals surface area contributed by atoms with Gasteiger partial charge < -0.3 is 9.47 Å². The number of sulfonamides is 1. The van der Waals surface area contributed by atoms with Gasteiger partial charge in [-0.25, -0.2) is 17.8 Å². The highest BCUT2D eigenvalue weighted by Crippen LogP contribution is 2.16. The molecule has 1 aromatic carbocycles. The van der Waals surface area contributed by atoms with E-state index >= 15 is 0 Å². The lowest BCUT2D eigenvalue weighted by molar-refractivity contribution is 0.0828. The van der Waals surface area contributed by atoms with Gasteiger partial charge in [0.1, 0.15) is 11.4 Å². The van der Waals surface area contributed by atoms with E-state index in [9.17, 15) is 8.42 Å². The topological polar surface area (TPSA) is 82.5 Å². The van der Waals surface area contributed by atoms with Crippen molar-refractivity contribution in [3.8, 4) is 5.69 Å². The van der Waals surface area contributed by atoms with E-state index in [0.717, 1.165) is 11.4 Å². The monoisotopic (exact) mass is 351 g/mol. The normalized spacial score (nSPS) is 21.2. The highest BCUT2D eigenvalue weighted by Gasteiger charge is 2.38. The molecule has 2 aromatic rings. The zero-order valence-electron chi connectivity index (χ0n) is 13.5. The SMILES string of the molecule is COC1COCC1S(=O)(=O)NCCc1ccn(-c2ccccc2)n1. The van der Waals surface area contributed by atoms with E-state index in [4.69, 9.17) is 9.47 Å². The molecule has 2 heterocycles. The number of hydrogen-bond acceptors (Lipinski definition) is 5. The third-order valence-electron chi connectivity index (χ3n) is 4.03. The third-order valence-corrected chi connectivity index (χ3v) is 5.87. The van der Waals surface area contributed by atoms with Crippen LogP contribution < -0.4 is 4.72 Å². The molecule has 24 heavy (non-hydrogen) atoms. The van der Waals surface area contributed by atoms with Gasteiger partial charge in [-0.05, 0) is 18.2 Å². The molecule has 1 aromatic heterocycles. The van der Waals surface area contributed by atoms with Crippen molar-refractivity contribution in [1.82, 2.24) is 14.5 Å². The van der Waals surface area contributed by atoms with Crippen molar-refractivity contribution in [2.75, 3.05) is 26.9 Å². The van der Waals surface area contributed by atoms with Gasteiger partial charge in [0, 0.05) is 26.3 Å². The number of rotatable bonds is 7.